The fraction of sp³-hybridized carbons (Fsp3) is 0.222. The quantitative estimate of drug-likeness (QED) is 0.727. The Morgan fingerprint density at radius 3 is 2.35 bits per heavy atom. The summed E-state index contributed by atoms with van der Waals surface area (Å²) >= 11 is 0. The Morgan fingerprint density at radius 2 is 1.65 bits per heavy atom. The summed E-state index contributed by atoms with van der Waals surface area (Å²) in [6.45, 7) is 1.06. The van der Waals surface area contributed by atoms with Crippen molar-refractivity contribution in [2.45, 2.75) is 13.0 Å². The van der Waals surface area contributed by atoms with Gasteiger partial charge < -0.3 is 14.5 Å². The van der Waals surface area contributed by atoms with Crippen molar-refractivity contribution < 1.29 is 9.63 Å². The average molecular weight is 309 g/mol. The summed E-state index contributed by atoms with van der Waals surface area (Å²) in [5.74, 6) is 1.22. The minimum absolute atomic E-state index is 0.0693. The topological polar surface area (TPSA) is 62.4 Å². The molecule has 1 N–H and O–H groups in total. The molecule has 118 valence electrons. The Bertz CT molecular complexity index is 713. The first-order valence-electron chi connectivity index (χ1n) is 7.61. The molecule has 5 heteroatoms. The van der Waals surface area contributed by atoms with Crippen LogP contribution in [0.3, 0.4) is 0 Å². The third-order valence-corrected chi connectivity index (χ3v) is 3.53. The highest BCUT2D eigenvalue weighted by Crippen LogP contribution is 2.16. The van der Waals surface area contributed by atoms with Crippen LogP contribution in [0.2, 0.25) is 0 Å². The van der Waals surface area contributed by atoms with Crippen LogP contribution in [0.1, 0.15) is 17.3 Å². The lowest BCUT2D eigenvalue weighted by molar-refractivity contribution is 0.297. The van der Waals surface area contributed by atoms with Crippen molar-refractivity contribution in [3.05, 3.63) is 77.9 Å². The minimum Gasteiger partial charge on any atom is -0.395 e. The summed E-state index contributed by atoms with van der Waals surface area (Å²) in [7, 11) is 0. The molecule has 0 saturated carbocycles. The molecule has 1 aromatic heterocycles. The maximum absolute atomic E-state index is 9.27. The summed E-state index contributed by atoms with van der Waals surface area (Å²) in [5, 5.41) is 13.3. The van der Waals surface area contributed by atoms with E-state index in [4.69, 9.17) is 4.52 Å². The van der Waals surface area contributed by atoms with E-state index in [2.05, 4.69) is 10.1 Å². The zero-order valence-corrected chi connectivity index (χ0v) is 12.8. The fourth-order valence-corrected chi connectivity index (χ4v) is 2.43. The molecule has 0 aliphatic rings. The number of benzene rings is 2. The van der Waals surface area contributed by atoms with Crippen LogP contribution in [-0.4, -0.2) is 28.4 Å². The van der Waals surface area contributed by atoms with Gasteiger partial charge in [-0.3, -0.25) is 0 Å². The van der Waals surface area contributed by atoms with Gasteiger partial charge in [0.05, 0.1) is 13.2 Å². The van der Waals surface area contributed by atoms with Crippen LogP contribution < -0.4 is 4.90 Å². The lowest BCUT2D eigenvalue weighted by Gasteiger charge is -2.21. The molecule has 3 rings (SSSR count). The fourth-order valence-electron chi connectivity index (χ4n) is 2.43. The third-order valence-electron chi connectivity index (χ3n) is 3.53. The number of anilines is 1. The van der Waals surface area contributed by atoms with E-state index in [9.17, 15) is 5.11 Å². The maximum Gasteiger partial charge on any atom is 0.246 e. The normalized spacial score (nSPS) is 10.7. The molecule has 0 fully saturated rings. The van der Waals surface area contributed by atoms with Gasteiger partial charge in [-0.25, -0.2) is 0 Å². The second kappa shape index (κ2) is 7.56. The van der Waals surface area contributed by atoms with E-state index in [1.165, 1.54) is 0 Å². The van der Waals surface area contributed by atoms with Crippen molar-refractivity contribution in [3.63, 3.8) is 0 Å². The number of hydrogen-bond donors (Lipinski definition) is 1. The molecule has 3 aromatic rings. The molecule has 0 bridgehead atoms. The van der Waals surface area contributed by atoms with Crippen LogP contribution in [0, 0.1) is 0 Å². The Kier molecular flexibility index (Phi) is 5.01. The zero-order valence-electron chi connectivity index (χ0n) is 12.8. The van der Waals surface area contributed by atoms with Gasteiger partial charge >= 0.3 is 0 Å². The Labute approximate surface area is 135 Å². The summed E-state index contributed by atoms with van der Waals surface area (Å²) in [6.07, 6.45) is 0.648. The summed E-state index contributed by atoms with van der Waals surface area (Å²) in [4.78, 5) is 6.47. The van der Waals surface area contributed by atoms with E-state index in [-0.39, 0.29) is 6.61 Å². The Hall–Kier alpha value is -2.66. The molecule has 1 heterocycles. The largest absolute Gasteiger partial charge is 0.395 e. The Morgan fingerprint density at radius 1 is 0.957 bits per heavy atom. The second-order valence-electron chi connectivity index (χ2n) is 5.25. The molecule has 23 heavy (non-hydrogen) atoms. The van der Waals surface area contributed by atoms with Gasteiger partial charge in [0.2, 0.25) is 5.89 Å². The van der Waals surface area contributed by atoms with Crippen LogP contribution in [0.15, 0.2) is 65.2 Å². The van der Waals surface area contributed by atoms with Gasteiger partial charge in [-0.15, -0.1) is 0 Å². The third kappa shape index (κ3) is 4.17. The van der Waals surface area contributed by atoms with E-state index >= 15 is 0 Å². The van der Waals surface area contributed by atoms with Gasteiger partial charge in [0.15, 0.2) is 5.82 Å². The number of hydrogen-bond acceptors (Lipinski definition) is 5. The van der Waals surface area contributed by atoms with Gasteiger partial charge in [-0.2, -0.15) is 4.98 Å². The summed E-state index contributed by atoms with van der Waals surface area (Å²) < 4.78 is 5.35. The highest BCUT2D eigenvalue weighted by molar-refractivity contribution is 5.45. The number of aliphatic hydroxyl groups is 1. The van der Waals surface area contributed by atoms with Crippen molar-refractivity contribution in [1.82, 2.24) is 10.1 Å². The van der Waals surface area contributed by atoms with Gasteiger partial charge in [0.1, 0.15) is 0 Å². The van der Waals surface area contributed by atoms with Gasteiger partial charge in [0, 0.05) is 18.7 Å². The molecule has 0 atom stereocenters. The zero-order chi connectivity index (χ0) is 15.9. The molecule has 5 nitrogen and oxygen atoms in total. The maximum atomic E-state index is 9.27. The highest BCUT2D eigenvalue weighted by Gasteiger charge is 2.12. The monoisotopic (exact) mass is 309 g/mol. The summed E-state index contributed by atoms with van der Waals surface area (Å²) in [5.41, 5.74) is 2.17. The molecule has 0 spiro atoms. The van der Waals surface area contributed by atoms with Crippen molar-refractivity contribution in [2.24, 2.45) is 0 Å². The molecule has 0 aliphatic heterocycles. The van der Waals surface area contributed by atoms with E-state index in [1.807, 2.05) is 65.6 Å². The summed E-state index contributed by atoms with van der Waals surface area (Å²) in [6, 6.07) is 19.9. The molecule has 0 saturated heterocycles. The van der Waals surface area contributed by atoms with Gasteiger partial charge in [-0.05, 0) is 17.7 Å². The predicted molar refractivity (Wildman–Crippen MR) is 88.1 cm³/mol. The smallest absolute Gasteiger partial charge is 0.246 e. The van der Waals surface area contributed by atoms with Crippen molar-refractivity contribution in [1.29, 1.82) is 0 Å². The molecular weight excluding hydrogens is 290 g/mol. The van der Waals surface area contributed by atoms with Crippen molar-refractivity contribution in [3.8, 4) is 0 Å². The van der Waals surface area contributed by atoms with Gasteiger partial charge in [0.25, 0.3) is 0 Å². The average Bonchev–Trinajstić information content (AvgIpc) is 3.03. The van der Waals surface area contributed by atoms with Crippen molar-refractivity contribution in [2.75, 3.05) is 18.1 Å². The van der Waals surface area contributed by atoms with E-state index in [0.717, 1.165) is 11.3 Å². The lowest BCUT2D eigenvalue weighted by atomic mass is 10.1. The second-order valence-corrected chi connectivity index (χ2v) is 5.25. The Balaban J connectivity index is 1.69. The standard InChI is InChI=1S/C18H19N3O2/c22-12-11-21(16-9-5-2-6-10-16)14-18-19-17(20-23-18)13-15-7-3-1-4-8-15/h1-10,22H,11-14H2. The molecule has 0 unspecified atom stereocenters. The number of nitrogens with zero attached hydrogens (tertiary/aromatic N) is 3. The molecule has 2 aromatic carbocycles. The van der Waals surface area contributed by atoms with Gasteiger partial charge in [-0.1, -0.05) is 53.7 Å². The van der Waals surface area contributed by atoms with Crippen LogP contribution in [0.5, 0.6) is 0 Å². The van der Waals surface area contributed by atoms with Crippen LogP contribution in [0.4, 0.5) is 5.69 Å². The van der Waals surface area contributed by atoms with E-state index in [0.29, 0.717) is 31.2 Å². The van der Waals surface area contributed by atoms with Crippen molar-refractivity contribution >= 4 is 5.69 Å². The van der Waals surface area contributed by atoms with E-state index < -0.39 is 0 Å². The van der Waals surface area contributed by atoms with Crippen LogP contribution in [0.25, 0.3) is 0 Å². The van der Waals surface area contributed by atoms with E-state index in [1.54, 1.807) is 0 Å². The first-order valence-corrected chi connectivity index (χ1v) is 7.61. The van der Waals surface area contributed by atoms with Crippen LogP contribution >= 0.6 is 0 Å². The minimum atomic E-state index is 0.0693. The number of aromatic nitrogens is 2. The SMILES string of the molecule is OCCN(Cc1nc(Cc2ccccc2)no1)c1ccccc1. The molecule has 0 aliphatic carbocycles. The highest BCUT2D eigenvalue weighted by atomic mass is 16.5. The number of rotatable bonds is 7. The van der Waals surface area contributed by atoms with Crippen LogP contribution in [-0.2, 0) is 13.0 Å². The predicted octanol–water partition coefficient (Wildman–Crippen LogP) is 2.66. The lowest BCUT2D eigenvalue weighted by Crippen LogP contribution is -2.26. The first kappa shape index (κ1) is 15.2. The molecular formula is C18H19N3O2. The number of para-hydroxylation sites is 1. The number of aliphatic hydroxyl groups excluding tert-OH is 1. The molecule has 0 radical (unpaired) electrons. The first-order chi connectivity index (χ1) is 11.3. The molecule has 0 amide bonds.